The second-order valence-electron chi connectivity index (χ2n) is 9.24. The first-order chi connectivity index (χ1) is 19.8. The first-order valence-electron chi connectivity index (χ1n) is 12.4. The van der Waals surface area contributed by atoms with E-state index in [9.17, 15) is 27.9 Å². The number of hydrogen-bond donors (Lipinski definition) is 2. The number of alkyl halides is 3. The van der Waals surface area contributed by atoms with Crippen LogP contribution in [0.2, 0.25) is 10.2 Å². The number of carbonyl (C=O) groups is 2. The Hall–Kier alpha value is -4.35. The van der Waals surface area contributed by atoms with Gasteiger partial charge in [-0.2, -0.15) is 13.2 Å². The quantitative estimate of drug-likeness (QED) is 0.183. The van der Waals surface area contributed by atoms with Gasteiger partial charge in [0.15, 0.2) is 5.15 Å². The van der Waals surface area contributed by atoms with Gasteiger partial charge in [-0.1, -0.05) is 29.3 Å². The van der Waals surface area contributed by atoms with Crippen LogP contribution in [0, 0.1) is 0 Å². The molecule has 0 saturated heterocycles. The van der Waals surface area contributed by atoms with Crippen LogP contribution in [-0.2, 0) is 12.7 Å². The second-order valence-corrected chi connectivity index (χ2v) is 10.0. The molecule has 0 aliphatic rings. The second kappa shape index (κ2) is 12.7. The van der Waals surface area contributed by atoms with Crippen molar-refractivity contribution >= 4 is 46.5 Å². The zero-order valence-electron chi connectivity index (χ0n) is 22.1. The summed E-state index contributed by atoms with van der Waals surface area (Å²) in [7, 11) is 0. The maximum absolute atomic E-state index is 14.0. The Bertz CT molecular complexity index is 1620. The zero-order valence-corrected chi connectivity index (χ0v) is 23.6. The third kappa shape index (κ3) is 7.10. The van der Waals surface area contributed by atoms with E-state index in [0.29, 0.717) is 10.7 Å². The van der Waals surface area contributed by atoms with Gasteiger partial charge in [-0.3, -0.25) is 4.79 Å². The van der Waals surface area contributed by atoms with Crippen molar-refractivity contribution in [3.05, 3.63) is 106 Å². The summed E-state index contributed by atoms with van der Waals surface area (Å²) in [5.41, 5.74) is -0.634. The number of aromatic carboxylic acids is 1. The Balaban J connectivity index is 1.65. The molecule has 0 radical (unpaired) electrons. The molecule has 0 saturated carbocycles. The van der Waals surface area contributed by atoms with Crippen LogP contribution >= 0.6 is 23.2 Å². The maximum Gasteiger partial charge on any atom is 0.419 e. The van der Waals surface area contributed by atoms with Crippen molar-refractivity contribution in [3.63, 3.8) is 0 Å². The van der Waals surface area contributed by atoms with Crippen molar-refractivity contribution in [2.24, 2.45) is 0 Å². The van der Waals surface area contributed by atoms with E-state index in [4.69, 9.17) is 27.9 Å². The Morgan fingerprint density at radius 3 is 2.43 bits per heavy atom. The van der Waals surface area contributed by atoms with E-state index in [1.807, 2.05) is 0 Å². The molecule has 1 amide bonds. The number of benzene rings is 2. The molecule has 218 valence electrons. The summed E-state index contributed by atoms with van der Waals surface area (Å²) in [6.07, 6.45) is -2.01. The summed E-state index contributed by atoms with van der Waals surface area (Å²) in [6, 6.07) is 12.8. The van der Waals surface area contributed by atoms with Crippen LogP contribution < -0.4 is 15.0 Å². The average Bonchev–Trinajstić information content (AvgIpc) is 2.93. The van der Waals surface area contributed by atoms with E-state index in [2.05, 4.69) is 15.3 Å². The van der Waals surface area contributed by atoms with E-state index in [1.165, 1.54) is 47.6 Å². The predicted molar refractivity (Wildman–Crippen MR) is 153 cm³/mol. The monoisotopic (exact) mass is 618 g/mol. The van der Waals surface area contributed by atoms with Crippen LogP contribution in [0.25, 0.3) is 0 Å². The fraction of sp³-hybridized carbons (Fsp3) is 0.172. The Labute approximate surface area is 248 Å². The fourth-order valence-electron chi connectivity index (χ4n) is 4.05. The first kappa shape index (κ1) is 30.6. The molecule has 0 aliphatic carbocycles. The van der Waals surface area contributed by atoms with Gasteiger partial charge < -0.3 is 20.1 Å². The summed E-state index contributed by atoms with van der Waals surface area (Å²) in [6.45, 7) is 3.38. The number of carboxylic acids is 1. The van der Waals surface area contributed by atoms with E-state index in [1.54, 1.807) is 26.0 Å². The number of pyridine rings is 2. The summed E-state index contributed by atoms with van der Waals surface area (Å²) >= 11 is 11.9. The average molecular weight is 619 g/mol. The molecule has 0 bridgehead atoms. The lowest BCUT2D eigenvalue weighted by molar-refractivity contribution is -0.138. The molecular weight excluding hydrogens is 596 g/mol. The number of nitrogens with one attached hydrogen (secondary N) is 1. The smallest absolute Gasteiger partial charge is 0.419 e. The maximum atomic E-state index is 14.0. The van der Waals surface area contributed by atoms with Gasteiger partial charge >= 0.3 is 12.1 Å². The number of carbonyl (C=O) groups excluding carboxylic acids is 1. The van der Waals surface area contributed by atoms with Crippen LogP contribution in [-0.4, -0.2) is 33.0 Å². The highest BCUT2D eigenvalue weighted by Crippen LogP contribution is 2.40. The van der Waals surface area contributed by atoms with Crippen LogP contribution in [0.4, 0.5) is 24.5 Å². The number of nitrogens with zero attached hydrogens (tertiary/aromatic N) is 3. The molecule has 0 spiro atoms. The van der Waals surface area contributed by atoms with Crippen LogP contribution in [0.5, 0.6) is 11.5 Å². The molecule has 4 rings (SSSR count). The van der Waals surface area contributed by atoms with E-state index in [-0.39, 0.29) is 40.0 Å². The summed E-state index contributed by atoms with van der Waals surface area (Å²) in [5.74, 6) is -2.70. The zero-order chi connectivity index (χ0) is 30.6. The molecule has 2 aromatic heterocycles. The molecule has 4 aromatic rings. The molecule has 8 nitrogen and oxygen atoms in total. The Morgan fingerprint density at radius 1 is 1.05 bits per heavy atom. The predicted octanol–water partition coefficient (Wildman–Crippen LogP) is 7.96. The van der Waals surface area contributed by atoms with Gasteiger partial charge in [0.1, 0.15) is 17.2 Å². The lowest BCUT2D eigenvalue weighted by Gasteiger charge is -2.28. The van der Waals surface area contributed by atoms with Crippen molar-refractivity contribution < 1.29 is 32.6 Å². The number of carboxylic acid groups (broad SMARTS) is 1. The minimum absolute atomic E-state index is 0.0122. The van der Waals surface area contributed by atoms with E-state index in [0.717, 1.165) is 18.2 Å². The van der Waals surface area contributed by atoms with Crippen LogP contribution in [0.3, 0.4) is 0 Å². The van der Waals surface area contributed by atoms with Crippen molar-refractivity contribution in [1.82, 2.24) is 9.97 Å². The number of hydrogen-bond acceptors (Lipinski definition) is 6. The lowest BCUT2D eigenvalue weighted by Crippen LogP contribution is -2.38. The largest absolute Gasteiger partial charge is 0.478 e. The highest BCUT2D eigenvalue weighted by atomic mass is 35.5. The van der Waals surface area contributed by atoms with Gasteiger partial charge in [0, 0.05) is 25.0 Å². The molecular formula is C29H23Cl2F3N4O4. The Morgan fingerprint density at radius 2 is 1.81 bits per heavy atom. The van der Waals surface area contributed by atoms with Gasteiger partial charge in [-0.05, 0) is 74.0 Å². The number of aromatic nitrogens is 2. The molecule has 0 atom stereocenters. The molecule has 2 N–H and O–H groups in total. The first-order valence-corrected chi connectivity index (χ1v) is 13.2. The van der Waals surface area contributed by atoms with Crippen LogP contribution in [0.1, 0.15) is 45.8 Å². The standard InChI is InChI=1S/C29H23Cl2F3N4O4/c1-16(2)38(27(39)23-8-6-18(30)15-37-23)24-9-7-19(13-20(24)28(40)41)42-25-10-5-17(12-21(25)29(32,33)34)14-36-22-4-3-11-35-26(22)31/h3-13,15-16,36H,14H2,1-2H3,(H,40,41). The highest BCUT2D eigenvalue weighted by Gasteiger charge is 2.35. The number of ether oxygens (including phenoxy) is 1. The lowest BCUT2D eigenvalue weighted by atomic mass is 10.1. The number of halogens is 5. The topological polar surface area (TPSA) is 105 Å². The molecule has 0 aliphatic heterocycles. The highest BCUT2D eigenvalue weighted by molar-refractivity contribution is 6.32. The van der Waals surface area contributed by atoms with Crippen molar-refractivity contribution in [1.29, 1.82) is 0 Å². The van der Waals surface area contributed by atoms with Gasteiger partial charge in [0.2, 0.25) is 0 Å². The molecule has 2 aromatic carbocycles. The molecule has 2 heterocycles. The van der Waals surface area contributed by atoms with E-state index < -0.39 is 35.4 Å². The summed E-state index contributed by atoms with van der Waals surface area (Å²) in [4.78, 5) is 34.6. The fourth-order valence-corrected chi connectivity index (χ4v) is 4.35. The molecule has 0 fully saturated rings. The number of rotatable bonds is 9. The third-order valence-electron chi connectivity index (χ3n) is 5.96. The summed E-state index contributed by atoms with van der Waals surface area (Å²) in [5, 5.41) is 13.4. The molecule has 13 heteroatoms. The van der Waals surface area contributed by atoms with E-state index >= 15 is 0 Å². The Kier molecular flexibility index (Phi) is 9.23. The van der Waals surface area contributed by atoms with Crippen molar-refractivity contribution in [2.45, 2.75) is 32.6 Å². The van der Waals surface area contributed by atoms with Gasteiger partial charge in [-0.25, -0.2) is 14.8 Å². The van der Waals surface area contributed by atoms with Crippen molar-refractivity contribution in [2.75, 3.05) is 10.2 Å². The number of anilines is 2. The van der Waals surface area contributed by atoms with Crippen molar-refractivity contribution in [3.8, 4) is 11.5 Å². The third-order valence-corrected chi connectivity index (χ3v) is 6.48. The van der Waals surface area contributed by atoms with Gasteiger partial charge in [0.05, 0.1) is 27.5 Å². The molecule has 0 unspecified atom stereocenters. The SMILES string of the molecule is CC(C)N(C(=O)c1ccc(Cl)cn1)c1ccc(Oc2ccc(CNc3cccnc3Cl)cc2C(F)(F)F)cc1C(=O)O. The van der Waals surface area contributed by atoms with Crippen LogP contribution in [0.15, 0.2) is 73.1 Å². The molecule has 42 heavy (non-hydrogen) atoms. The summed E-state index contributed by atoms with van der Waals surface area (Å²) < 4.78 is 47.6. The number of amides is 1. The van der Waals surface area contributed by atoms with Gasteiger partial charge in [-0.15, -0.1) is 0 Å². The van der Waals surface area contributed by atoms with Gasteiger partial charge in [0.25, 0.3) is 5.91 Å². The normalized spacial score (nSPS) is 11.3. The minimum atomic E-state index is -4.78. The minimum Gasteiger partial charge on any atom is -0.478 e.